The number of hydrogen-bond donors (Lipinski definition) is 2. The highest BCUT2D eigenvalue weighted by molar-refractivity contribution is 6.34. The van der Waals surface area contributed by atoms with Crippen molar-refractivity contribution in [2.75, 3.05) is 17.7 Å². The van der Waals surface area contributed by atoms with Gasteiger partial charge in [-0.05, 0) is 55.3 Å². The monoisotopic (exact) mass is 304 g/mol. The number of halogens is 1. The lowest BCUT2D eigenvalue weighted by Gasteiger charge is -2.10. The standard InChI is InChI=1S/C16H17ClN2O2/c1-10-3-5-13(7-11(10)2)21-9-16(20)19-15-6-4-12(18)8-14(15)17/h3-8H,9,18H2,1-2H3,(H,19,20). The molecule has 0 fully saturated rings. The Bertz CT molecular complexity index is 671. The number of nitrogens with two attached hydrogens (primary N) is 1. The van der Waals surface area contributed by atoms with Crippen LogP contribution in [0.5, 0.6) is 5.75 Å². The average molecular weight is 305 g/mol. The number of anilines is 2. The van der Waals surface area contributed by atoms with Crippen molar-refractivity contribution in [3.05, 3.63) is 52.5 Å². The summed E-state index contributed by atoms with van der Waals surface area (Å²) < 4.78 is 5.46. The van der Waals surface area contributed by atoms with Crippen molar-refractivity contribution in [3.63, 3.8) is 0 Å². The molecule has 0 saturated heterocycles. The minimum Gasteiger partial charge on any atom is -0.484 e. The van der Waals surface area contributed by atoms with Crippen LogP contribution in [0.15, 0.2) is 36.4 Å². The average Bonchev–Trinajstić information content (AvgIpc) is 2.43. The van der Waals surface area contributed by atoms with E-state index >= 15 is 0 Å². The zero-order chi connectivity index (χ0) is 15.4. The number of amides is 1. The van der Waals surface area contributed by atoms with E-state index in [-0.39, 0.29) is 12.5 Å². The molecule has 0 aromatic heterocycles. The van der Waals surface area contributed by atoms with Gasteiger partial charge in [0.15, 0.2) is 6.61 Å². The summed E-state index contributed by atoms with van der Waals surface area (Å²) in [7, 11) is 0. The molecule has 0 radical (unpaired) electrons. The SMILES string of the molecule is Cc1ccc(OCC(=O)Nc2ccc(N)cc2Cl)cc1C. The van der Waals surface area contributed by atoms with Crippen molar-refractivity contribution in [1.82, 2.24) is 0 Å². The maximum Gasteiger partial charge on any atom is 0.262 e. The quantitative estimate of drug-likeness (QED) is 0.849. The summed E-state index contributed by atoms with van der Waals surface area (Å²) >= 11 is 5.99. The molecule has 2 rings (SSSR count). The van der Waals surface area contributed by atoms with Gasteiger partial charge >= 0.3 is 0 Å². The number of rotatable bonds is 4. The van der Waals surface area contributed by atoms with E-state index in [0.29, 0.717) is 22.1 Å². The second-order valence-corrected chi connectivity index (χ2v) is 5.23. The summed E-state index contributed by atoms with van der Waals surface area (Å²) in [6.45, 7) is 3.94. The molecule has 0 heterocycles. The van der Waals surface area contributed by atoms with Gasteiger partial charge in [-0.1, -0.05) is 17.7 Å². The summed E-state index contributed by atoms with van der Waals surface area (Å²) in [6.07, 6.45) is 0. The first-order chi connectivity index (χ1) is 9.95. The van der Waals surface area contributed by atoms with Crippen molar-refractivity contribution in [2.45, 2.75) is 13.8 Å². The van der Waals surface area contributed by atoms with Crippen molar-refractivity contribution in [2.24, 2.45) is 0 Å². The Kier molecular flexibility index (Phi) is 4.70. The lowest BCUT2D eigenvalue weighted by Crippen LogP contribution is -2.20. The molecule has 2 aromatic carbocycles. The highest BCUT2D eigenvalue weighted by Gasteiger charge is 2.07. The summed E-state index contributed by atoms with van der Waals surface area (Å²) in [5.74, 6) is 0.386. The van der Waals surface area contributed by atoms with Crippen molar-refractivity contribution >= 4 is 28.9 Å². The minimum absolute atomic E-state index is 0.0802. The van der Waals surface area contributed by atoms with Gasteiger partial charge < -0.3 is 15.8 Å². The van der Waals surface area contributed by atoms with Gasteiger partial charge in [-0.3, -0.25) is 4.79 Å². The van der Waals surface area contributed by atoms with Gasteiger partial charge in [0.2, 0.25) is 0 Å². The van der Waals surface area contributed by atoms with Crippen molar-refractivity contribution in [1.29, 1.82) is 0 Å². The van der Waals surface area contributed by atoms with Gasteiger partial charge in [-0.15, -0.1) is 0 Å². The summed E-state index contributed by atoms with van der Waals surface area (Å²) in [5.41, 5.74) is 8.96. The highest BCUT2D eigenvalue weighted by Crippen LogP contribution is 2.24. The van der Waals surface area contributed by atoms with Gasteiger partial charge in [-0.2, -0.15) is 0 Å². The van der Waals surface area contributed by atoms with Crippen LogP contribution in [0.4, 0.5) is 11.4 Å². The molecular formula is C16H17ClN2O2. The van der Waals surface area contributed by atoms with Crippen LogP contribution < -0.4 is 15.8 Å². The molecule has 110 valence electrons. The molecule has 0 unspecified atom stereocenters. The lowest BCUT2D eigenvalue weighted by molar-refractivity contribution is -0.118. The highest BCUT2D eigenvalue weighted by atomic mass is 35.5. The fraction of sp³-hybridized carbons (Fsp3) is 0.188. The first-order valence-corrected chi connectivity index (χ1v) is 6.88. The number of benzene rings is 2. The van der Waals surface area contributed by atoms with Crippen LogP contribution in [0.3, 0.4) is 0 Å². The number of hydrogen-bond acceptors (Lipinski definition) is 3. The van der Waals surface area contributed by atoms with E-state index in [0.717, 1.165) is 5.56 Å². The molecule has 5 heteroatoms. The van der Waals surface area contributed by atoms with Gasteiger partial charge in [0.1, 0.15) is 5.75 Å². The lowest BCUT2D eigenvalue weighted by atomic mass is 10.1. The van der Waals surface area contributed by atoms with Crippen LogP contribution in [0.1, 0.15) is 11.1 Å². The summed E-state index contributed by atoms with van der Waals surface area (Å²) in [5, 5.41) is 3.08. The molecule has 1 amide bonds. The maximum absolute atomic E-state index is 11.8. The first-order valence-electron chi connectivity index (χ1n) is 6.50. The predicted molar refractivity (Wildman–Crippen MR) is 85.9 cm³/mol. The fourth-order valence-corrected chi connectivity index (χ4v) is 2.01. The fourth-order valence-electron chi connectivity index (χ4n) is 1.77. The largest absolute Gasteiger partial charge is 0.484 e. The van der Waals surface area contributed by atoms with Crippen molar-refractivity contribution < 1.29 is 9.53 Å². The molecular weight excluding hydrogens is 288 g/mol. The van der Waals surface area contributed by atoms with E-state index in [1.807, 2.05) is 32.0 Å². The van der Waals surface area contributed by atoms with Gasteiger partial charge in [-0.25, -0.2) is 0 Å². The molecule has 0 bridgehead atoms. The van der Waals surface area contributed by atoms with Crippen LogP contribution >= 0.6 is 11.6 Å². The third-order valence-electron chi connectivity index (χ3n) is 3.12. The number of carbonyl (C=O) groups is 1. The molecule has 4 nitrogen and oxygen atoms in total. The Hall–Kier alpha value is -2.20. The molecule has 0 saturated carbocycles. The molecule has 3 N–H and O–H groups in total. The van der Waals surface area contributed by atoms with E-state index in [1.54, 1.807) is 18.2 Å². The van der Waals surface area contributed by atoms with E-state index in [1.165, 1.54) is 5.56 Å². The van der Waals surface area contributed by atoms with Gasteiger partial charge in [0, 0.05) is 5.69 Å². The van der Waals surface area contributed by atoms with Crippen LogP contribution in [-0.4, -0.2) is 12.5 Å². The Labute approximate surface area is 128 Å². The Morgan fingerprint density at radius 3 is 2.62 bits per heavy atom. The molecule has 21 heavy (non-hydrogen) atoms. The summed E-state index contributed by atoms with van der Waals surface area (Å²) in [4.78, 5) is 11.8. The second kappa shape index (κ2) is 6.50. The normalized spacial score (nSPS) is 10.2. The zero-order valence-corrected chi connectivity index (χ0v) is 12.7. The Morgan fingerprint density at radius 1 is 1.19 bits per heavy atom. The van der Waals surface area contributed by atoms with Gasteiger partial charge in [0.25, 0.3) is 5.91 Å². The minimum atomic E-state index is -0.278. The first kappa shape index (κ1) is 15.2. The number of carbonyl (C=O) groups excluding carboxylic acids is 1. The molecule has 0 aliphatic carbocycles. The van der Waals surface area contributed by atoms with Gasteiger partial charge in [0.05, 0.1) is 10.7 Å². The van der Waals surface area contributed by atoms with Crippen LogP contribution in [0, 0.1) is 13.8 Å². The predicted octanol–water partition coefficient (Wildman–Crippen LogP) is 3.56. The number of ether oxygens (including phenoxy) is 1. The van der Waals surface area contributed by atoms with E-state index in [2.05, 4.69) is 5.32 Å². The van der Waals surface area contributed by atoms with Crippen LogP contribution in [0.25, 0.3) is 0 Å². The molecule has 0 aliphatic rings. The summed E-state index contributed by atoms with van der Waals surface area (Å²) in [6, 6.07) is 10.6. The number of aryl methyl sites for hydroxylation is 2. The van der Waals surface area contributed by atoms with Crippen LogP contribution in [-0.2, 0) is 4.79 Å². The van der Waals surface area contributed by atoms with Crippen molar-refractivity contribution in [3.8, 4) is 5.75 Å². The van der Waals surface area contributed by atoms with E-state index in [9.17, 15) is 4.79 Å². The third-order valence-corrected chi connectivity index (χ3v) is 3.43. The maximum atomic E-state index is 11.8. The van der Waals surface area contributed by atoms with E-state index < -0.39 is 0 Å². The smallest absolute Gasteiger partial charge is 0.262 e. The third kappa shape index (κ3) is 4.13. The topological polar surface area (TPSA) is 64.3 Å². The molecule has 2 aromatic rings. The van der Waals surface area contributed by atoms with Crippen LogP contribution in [0.2, 0.25) is 5.02 Å². The second-order valence-electron chi connectivity index (χ2n) is 4.82. The molecule has 0 atom stereocenters. The number of nitrogen functional groups attached to an aromatic ring is 1. The molecule has 0 aliphatic heterocycles. The van der Waals surface area contributed by atoms with E-state index in [4.69, 9.17) is 22.1 Å². The Morgan fingerprint density at radius 2 is 1.95 bits per heavy atom. The molecule has 0 spiro atoms. The zero-order valence-electron chi connectivity index (χ0n) is 11.9. The Balaban J connectivity index is 1.94. The number of nitrogens with one attached hydrogen (secondary N) is 1.